The summed E-state index contributed by atoms with van der Waals surface area (Å²) >= 11 is 0. The number of methoxy groups -OCH3 is 2. The highest BCUT2D eigenvalue weighted by Crippen LogP contribution is 2.31. The molecule has 3 aromatic heterocycles. The van der Waals surface area contributed by atoms with Crippen LogP contribution in [0.25, 0.3) is 16.9 Å². The first kappa shape index (κ1) is 15.0. The van der Waals surface area contributed by atoms with Gasteiger partial charge in [-0.2, -0.15) is 5.10 Å². The molecule has 0 aliphatic carbocycles. The van der Waals surface area contributed by atoms with Gasteiger partial charge in [0.05, 0.1) is 32.3 Å². The number of H-pyrrole nitrogens is 1. The van der Waals surface area contributed by atoms with Crippen LogP contribution in [0.3, 0.4) is 0 Å². The monoisotopic (exact) mass is 336 g/mol. The Balaban J connectivity index is 1.73. The van der Waals surface area contributed by atoms with E-state index in [1.165, 1.54) is 0 Å². The van der Waals surface area contributed by atoms with Crippen LogP contribution in [0.2, 0.25) is 0 Å². The lowest BCUT2D eigenvalue weighted by Crippen LogP contribution is -1.99. The van der Waals surface area contributed by atoms with Crippen molar-refractivity contribution < 1.29 is 9.47 Å². The van der Waals surface area contributed by atoms with Gasteiger partial charge in [0.25, 0.3) is 0 Å². The Kier molecular flexibility index (Phi) is 3.70. The normalized spacial score (nSPS) is 10.8. The molecule has 8 nitrogen and oxygen atoms in total. The molecule has 0 atom stereocenters. The number of benzene rings is 1. The first-order valence-electron chi connectivity index (χ1n) is 7.60. The second kappa shape index (κ2) is 6.16. The summed E-state index contributed by atoms with van der Waals surface area (Å²) in [5.41, 5.74) is 3.43. The van der Waals surface area contributed by atoms with E-state index < -0.39 is 0 Å². The number of rotatable bonds is 5. The van der Waals surface area contributed by atoms with Crippen LogP contribution in [-0.4, -0.2) is 38.8 Å². The van der Waals surface area contributed by atoms with Crippen molar-refractivity contribution in [1.82, 2.24) is 24.6 Å². The van der Waals surface area contributed by atoms with Crippen molar-refractivity contribution in [1.29, 1.82) is 0 Å². The van der Waals surface area contributed by atoms with E-state index in [1.54, 1.807) is 32.8 Å². The van der Waals surface area contributed by atoms with Crippen LogP contribution in [0.1, 0.15) is 0 Å². The van der Waals surface area contributed by atoms with E-state index in [4.69, 9.17) is 9.47 Å². The quantitative estimate of drug-likeness (QED) is 0.582. The molecule has 0 radical (unpaired) electrons. The Hall–Kier alpha value is -3.55. The van der Waals surface area contributed by atoms with Gasteiger partial charge in [-0.15, -0.1) is 0 Å². The Morgan fingerprint density at radius 3 is 2.72 bits per heavy atom. The maximum absolute atomic E-state index is 5.34. The molecule has 0 aliphatic rings. The van der Waals surface area contributed by atoms with E-state index in [2.05, 4.69) is 25.5 Å². The van der Waals surface area contributed by atoms with E-state index in [-0.39, 0.29) is 0 Å². The molecule has 8 heteroatoms. The molecule has 0 unspecified atom stereocenters. The lowest BCUT2D eigenvalue weighted by molar-refractivity contribution is 0.355. The van der Waals surface area contributed by atoms with Gasteiger partial charge in [-0.25, -0.2) is 9.97 Å². The lowest BCUT2D eigenvalue weighted by Gasteiger charge is -2.11. The standard InChI is InChI=1S/C17H16N6O2/c1-24-14-4-3-12(7-15(14)25-2)22-16-17-19-10-13(11-8-20-21-9-11)23(17)6-5-18-16/h3-10H,1-2H3,(H,18,22)(H,20,21). The summed E-state index contributed by atoms with van der Waals surface area (Å²) in [6.07, 6.45) is 8.96. The van der Waals surface area contributed by atoms with Gasteiger partial charge in [-0.05, 0) is 12.1 Å². The van der Waals surface area contributed by atoms with Crippen molar-refractivity contribution in [2.75, 3.05) is 19.5 Å². The highest BCUT2D eigenvalue weighted by molar-refractivity contribution is 5.74. The molecule has 0 fully saturated rings. The number of nitrogens with zero attached hydrogens (tertiary/aromatic N) is 4. The van der Waals surface area contributed by atoms with Crippen LogP contribution in [0, 0.1) is 0 Å². The summed E-state index contributed by atoms with van der Waals surface area (Å²) in [7, 11) is 3.21. The lowest BCUT2D eigenvalue weighted by atomic mass is 10.2. The number of hydrogen-bond acceptors (Lipinski definition) is 6. The van der Waals surface area contributed by atoms with E-state index in [0.29, 0.717) is 23.0 Å². The molecule has 4 rings (SSSR count). The Bertz CT molecular complexity index is 1010. The van der Waals surface area contributed by atoms with E-state index in [0.717, 1.165) is 16.9 Å². The van der Waals surface area contributed by atoms with Crippen molar-refractivity contribution >= 4 is 17.2 Å². The maximum atomic E-state index is 5.34. The average molecular weight is 336 g/mol. The summed E-state index contributed by atoms with van der Waals surface area (Å²) in [5, 5.41) is 10.1. The number of ether oxygens (including phenoxy) is 2. The maximum Gasteiger partial charge on any atom is 0.180 e. The second-order valence-electron chi connectivity index (χ2n) is 5.29. The third-order valence-electron chi connectivity index (χ3n) is 3.87. The molecular formula is C17H16N6O2. The van der Waals surface area contributed by atoms with Crippen LogP contribution in [0.5, 0.6) is 11.5 Å². The SMILES string of the molecule is COc1ccc(Nc2nccn3c(-c4cn[nH]c4)cnc23)cc1OC. The number of fused-ring (bicyclic) bond motifs is 1. The zero-order valence-electron chi connectivity index (χ0n) is 13.7. The molecular weight excluding hydrogens is 320 g/mol. The minimum atomic E-state index is 0.641. The molecule has 0 amide bonds. The van der Waals surface area contributed by atoms with Gasteiger partial charge in [0.1, 0.15) is 0 Å². The van der Waals surface area contributed by atoms with Crippen LogP contribution < -0.4 is 14.8 Å². The zero-order valence-corrected chi connectivity index (χ0v) is 13.7. The predicted octanol–water partition coefficient (Wildman–Crippen LogP) is 2.88. The molecule has 3 heterocycles. The van der Waals surface area contributed by atoms with Crippen LogP contribution >= 0.6 is 0 Å². The minimum Gasteiger partial charge on any atom is -0.493 e. The molecule has 0 saturated carbocycles. The second-order valence-corrected chi connectivity index (χ2v) is 5.29. The number of nitrogens with one attached hydrogen (secondary N) is 2. The van der Waals surface area contributed by atoms with E-state index in [1.807, 2.05) is 35.0 Å². The fourth-order valence-electron chi connectivity index (χ4n) is 2.66. The molecule has 0 aliphatic heterocycles. The highest BCUT2D eigenvalue weighted by atomic mass is 16.5. The molecule has 2 N–H and O–H groups in total. The third-order valence-corrected chi connectivity index (χ3v) is 3.87. The van der Waals surface area contributed by atoms with Gasteiger partial charge in [0, 0.05) is 35.9 Å². The van der Waals surface area contributed by atoms with Crippen molar-refractivity contribution in [3.05, 3.63) is 49.2 Å². The fourth-order valence-corrected chi connectivity index (χ4v) is 2.66. The van der Waals surface area contributed by atoms with Crippen molar-refractivity contribution in [3.63, 3.8) is 0 Å². The first-order valence-corrected chi connectivity index (χ1v) is 7.60. The molecule has 0 spiro atoms. The zero-order chi connectivity index (χ0) is 17.2. The summed E-state index contributed by atoms with van der Waals surface area (Å²) < 4.78 is 12.6. The van der Waals surface area contributed by atoms with E-state index >= 15 is 0 Å². The highest BCUT2D eigenvalue weighted by Gasteiger charge is 2.12. The van der Waals surface area contributed by atoms with Gasteiger partial charge in [0.2, 0.25) is 0 Å². The van der Waals surface area contributed by atoms with Gasteiger partial charge >= 0.3 is 0 Å². The number of hydrogen-bond donors (Lipinski definition) is 2. The smallest absolute Gasteiger partial charge is 0.180 e. The molecule has 0 saturated heterocycles. The number of aromatic amines is 1. The average Bonchev–Trinajstić information content (AvgIpc) is 3.31. The van der Waals surface area contributed by atoms with Crippen molar-refractivity contribution in [2.24, 2.45) is 0 Å². The van der Waals surface area contributed by atoms with E-state index in [9.17, 15) is 0 Å². The topological polar surface area (TPSA) is 89.4 Å². The van der Waals surface area contributed by atoms with Gasteiger partial charge < -0.3 is 14.8 Å². The summed E-state index contributed by atoms with van der Waals surface area (Å²) in [6, 6.07) is 5.58. The fraction of sp³-hybridized carbons (Fsp3) is 0.118. The van der Waals surface area contributed by atoms with Gasteiger partial charge in [-0.1, -0.05) is 0 Å². The van der Waals surface area contributed by atoms with Crippen molar-refractivity contribution in [3.8, 4) is 22.8 Å². The molecule has 1 aromatic carbocycles. The molecule has 25 heavy (non-hydrogen) atoms. The molecule has 126 valence electrons. The van der Waals surface area contributed by atoms with Crippen LogP contribution in [0.4, 0.5) is 11.5 Å². The van der Waals surface area contributed by atoms with Gasteiger partial charge in [-0.3, -0.25) is 9.50 Å². The van der Waals surface area contributed by atoms with Crippen molar-refractivity contribution in [2.45, 2.75) is 0 Å². The Morgan fingerprint density at radius 1 is 1.08 bits per heavy atom. The minimum absolute atomic E-state index is 0.641. The largest absolute Gasteiger partial charge is 0.493 e. The van der Waals surface area contributed by atoms with Crippen LogP contribution in [0.15, 0.2) is 49.2 Å². The summed E-state index contributed by atoms with van der Waals surface area (Å²) in [5.74, 6) is 1.95. The first-order chi connectivity index (χ1) is 12.3. The Morgan fingerprint density at radius 2 is 1.96 bits per heavy atom. The summed E-state index contributed by atoms with van der Waals surface area (Å²) in [4.78, 5) is 8.89. The number of aromatic nitrogens is 5. The Labute approximate surface area is 143 Å². The molecule has 4 aromatic rings. The van der Waals surface area contributed by atoms with Crippen LogP contribution in [-0.2, 0) is 0 Å². The molecule has 0 bridgehead atoms. The number of imidazole rings is 1. The predicted molar refractivity (Wildman–Crippen MR) is 93.4 cm³/mol. The third kappa shape index (κ3) is 2.63. The number of anilines is 2. The summed E-state index contributed by atoms with van der Waals surface area (Å²) in [6.45, 7) is 0. The van der Waals surface area contributed by atoms with Gasteiger partial charge in [0.15, 0.2) is 23.0 Å².